The van der Waals surface area contributed by atoms with Crippen molar-refractivity contribution in [1.29, 1.82) is 0 Å². The van der Waals surface area contributed by atoms with E-state index in [0.29, 0.717) is 30.0 Å². The molecule has 8 heteroatoms. The van der Waals surface area contributed by atoms with Crippen LogP contribution in [0.5, 0.6) is 5.75 Å². The maximum absolute atomic E-state index is 12.9. The first-order valence-electron chi connectivity index (χ1n) is 9.02. The smallest absolute Gasteiger partial charge is 0.295 e. The molecule has 1 atom stereocenters. The molecule has 1 aliphatic rings. The zero-order valence-corrected chi connectivity index (χ0v) is 17.2. The first kappa shape index (κ1) is 20.8. The number of likely N-dealkylation sites (N-methyl/N-ethyl adjacent to an activating group) is 1. The molecule has 1 fully saturated rings. The Balaban J connectivity index is 2.13. The highest BCUT2D eigenvalue weighted by atomic mass is 35.5. The summed E-state index contributed by atoms with van der Waals surface area (Å²) in [5.74, 6) is -1.23. The number of ether oxygens (including phenoxy) is 1. The molecule has 0 radical (unpaired) electrons. The number of aliphatic hydroxyl groups is 1. The van der Waals surface area contributed by atoms with Crippen LogP contribution in [0, 0.1) is 0 Å². The van der Waals surface area contributed by atoms with Crippen molar-refractivity contribution >= 4 is 29.1 Å². The fourth-order valence-corrected chi connectivity index (χ4v) is 3.53. The summed E-state index contributed by atoms with van der Waals surface area (Å²) >= 11 is 6.18. The molecule has 0 spiro atoms. The van der Waals surface area contributed by atoms with Crippen LogP contribution in [0.4, 0.5) is 0 Å². The molecule has 1 aliphatic heterocycles. The lowest BCUT2D eigenvalue weighted by Gasteiger charge is -2.26. The summed E-state index contributed by atoms with van der Waals surface area (Å²) in [5.41, 5.74) is 0.991. The number of carbonyl (C=O) groups is 2. The molecule has 0 bridgehead atoms. The number of hydrogen-bond donors (Lipinski definition) is 1. The minimum absolute atomic E-state index is 0.0167. The summed E-state index contributed by atoms with van der Waals surface area (Å²) < 4.78 is 5.13. The fraction of sp³-hybridized carbons (Fsp3) is 0.286. The monoisotopic (exact) mass is 415 g/mol. The van der Waals surface area contributed by atoms with Crippen LogP contribution in [0.25, 0.3) is 5.76 Å². The molecular formula is C21H22ClN3O4. The molecule has 2 heterocycles. The Kier molecular flexibility index (Phi) is 6.20. The van der Waals surface area contributed by atoms with E-state index in [4.69, 9.17) is 16.3 Å². The number of hydrogen-bond acceptors (Lipinski definition) is 6. The summed E-state index contributed by atoms with van der Waals surface area (Å²) in [6, 6.07) is 7.46. The van der Waals surface area contributed by atoms with Crippen LogP contribution in [-0.4, -0.2) is 65.9 Å². The number of benzene rings is 1. The van der Waals surface area contributed by atoms with Crippen molar-refractivity contribution in [3.8, 4) is 5.75 Å². The van der Waals surface area contributed by atoms with E-state index >= 15 is 0 Å². The minimum atomic E-state index is -0.734. The van der Waals surface area contributed by atoms with Crippen LogP contribution in [0.1, 0.15) is 17.2 Å². The van der Waals surface area contributed by atoms with E-state index < -0.39 is 17.7 Å². The van der Waals surface area contributed by atoms with Crippen LogP contribution in [-0.2, 0) is 9.59 Å². The third-order valence-electron chi connectivity index (χ3n) is 4.75. The Hall–Kier alpha value is -2.90. The molecule has 1 amide bonds. The number of carbonyl (C=O) groups excluding carboxylic acids is 2. The molecule has 1 aromatic heterocycles. The zero-order chi connectivity index (χ0) is 21.1. The zero-order valence-electron chi connectivity index (χ0n) is 16.4. The Labute approximate surface area is 174 Å². The Morgan fingerprint density at radius 2 is 2.07 bits per heavy atom. The van der Waals surface area contributed by atoms with Crippen molar-refractivity contribution in [2.45, 2.75) is 6.04 Å². The standard InChI is InChI=1S/C21H22ClN3O4/c1-24(2)9-10-25-18(14-5-4-8-23-12-14)17(20(27)21(25)28)19(26)13-6-7-16(29-3)15(22)11-13/h4-8,11-12,18,26H,9-10H2,1-3H3/b19-17+/t18-/m1/s1. The quantitative estimate of drug-likeness (QED) is 0.443. The van der Waals surface area contributed by atoms with Gasteiger partial charge >= 0.3 is 0 Å². The van der Waals surface area contributed by atoms with Gasteiger partial charge in [0.2, 0.25) is 0 Å². The van der Waals surface area contributed by atoms with E-state index in [0.717, 1.165) is 0 Å². The number of Topliss-reactive ketones (excluding diaryl/α,β-unsaturated/α-hetero) is 1. The second-order valence-electron chi connectivity index (χ2n) is 6.93. The average Bonchev–Trinajstić information content (AvgIpc) is 2.97. The maximum atomic E-state index is 12.9. The third-order valence-corrected chi connectivity index (χ3v) is 5.05. The number of aliphatic hydroxyl groups excluding tert-OH is 1. The van der Waals surface area contributed by atoms with Crippen LogP contribution < -0.4 is 4.74 Å². The van der Waals surface area contributed by atoms with E-state index in [-0.39, 0.29) is 16.4 Å². The molecule has 1 N–H and O–H groups in total. The summed E-state index contributed by atoms with van der Waals surface area (Å²) in [7, 11) is 5.25. The molecule has 1 saturated heterocycles. The van der Waals surface area contributed by atoms with Crippen molar-refractivity contribution in [3.05, 3.63) is 64.4 Å². The van der Waals surface area contributed by atoms with Gasteiger partial charge < -0.3 is 19.6 Å². The number of ketones is 1. The van der Waals surface area contributed by atoms with Crippen LogP contribution in [0.15, 0.2) is 48.3 Å². The van der Waals surface area contributed by atoms with Crippen molar-refractivity contribution in [2.75, 3.05) is 34.3 Å². The summed E-state index contributed by atoms with van der Waals surface area (Å²) in [5, 5.41) is 11.3. The lowest BCUT2D eigenvalue weighted by atomic mass is 9.96. The van der Waals surface area contributed by atoms with Gasteiger partial charge in [0, 0.05) is 31.0 Å². The van der Waals surface area contributed by atoms with Crippen LogP contribution in [0.3, 0.4) is 0 Å². The molecular weight excluding hydrogens is 394 g/mol. The van der Waals surface area contributed by atoms with Gasteiger partial charge in [0.25, 0.3) is 11.7 Å². The first-order chi connectivity index (χ1) is 13.8. The molecule has 3 rings (SSSR count). The van der Waals surface area contributed by atoms with E-state index in [1.165, 1.54) is 18.1 Å². The lowest BCUT2D eigenvalue weighted by Crippen LogP contribution is -2.35. The third kappa shape index (κ3) is 4.11. The molecule has 1 aromatic carbocycles. The van der Waals surface area contributed by atoms with Crippen molar-refractivity contribution in [3.63, 3.8) is 0 Å². The van der Waals surface area contributed by atoms with Gasteiger partial charge in [0.15, 0.2) is 0 Å². The maximum Gasteiger partial charge on any atom is 0.295 e. The number of amides is 1. The highest BCUT2D eigenvalue weighted by molar-refractivity contribution is 6.46. The number of pyridine rings is 1. The summed E-state index contributed by atoms with van der Waals surface area (Å²) in [6.45, 7) is 0.898. The number of halogens is 1. The average molecular weight is 416 g/mol. The van der Waals surface area contributed by atoms with Crippen molar-refractivity contribution in [2.24, 2.45) is 0 Å². The highest BCUT2D eigenvalue weighted by Gasteiger charge is 2.46. The Bertz CT molecular complexity index is 960. The predicted octanol–water partition coefficient (Wildman–Crippen LogP) is 2.73. The van der Waals surface area contributed by atoms with Gasteiger partial charge in [0.1, 0.15) is 11.5 Å². The van der Waals surface area contributed by atoms with Crippen LogP contribution in [0.2, 0.25) is 5.02 Å². The lowest BCUT2D eigenvalue weighted by molar-refractivity contribution is -0.140. The van der Waals surface area contributed by atoms with Gasteiger partial charge in [-0.1, -0.05) is 17.7 Å². The topological polar surface area (TPSA) is 83.0 Å². The SMILES string of the molecule is COc1ccc(/C(O)=C2\C(=O)C(=O)N(CCN(C)C)[C@@H]2c2cccnc2)cc1Cl. The largest absolute Gasteiger partial charge is 0.507 e. The minimum Gasteiger partial charge on any atom is -0.507 e. The Morgan fingerprint density at radius 3 is 2.66 bits per heavy atom. The van der Waals surface area contributed by atoms with Crippen molar-refractivity contribution in [1.82, 2.24) is 14.8 Å². The van der Waals surface area contributed by atoms with Gasteiger partial charge in [-0.3, -0.25) is 14.6 Å². The van der Waals surface area contributed by atoms with E-state index in [1.54, 1.807) is 36.7 Å². The Morgan fingerprint density at radius 1 is 1.31 bits per heavy atom. The van der Waals surface area contributed by atoms with E-state index in [2.05, 4.69) is 4.98 Å². The van der Waals surface area contributed by atoms with Gasteiger partial charge in [0.05, 0.1) is 23.7 Å². The number of aromatic nitrogens is 1. The predicted molar refractivity (Wildman–Crippen MR) is 110 cm³/mol. The molecule has 0 aliphatic carbocycles. The molecule has 0 unspecified atom stereocenters. The van der Waals surface area contributed by atoms with Gasteiger partial charge in [-0.2, -0.15) is 0 Å². The molecule has 7 nitrogen and oxygen atoms in total. The fourth-order valence-electron chi connectivity index (χ4n) is 3.27. The second-order valence-corrected chi connectivity index (χ2v) is 7.34. The highest BCUT2D eigenvalue weighted by Crippen LogP contribution is 2.39. The van der Waals surface area contributed by atoms with Gasteiger partial charge in [-0.25, -0.2) is 0 Å². The number of likely N-dealkylation sites (tertiary alicyclic amines) is 1. The number of nitrogens with zero attached hydrogens (tertiary/aromatic N) is 3. The molecule has 0 saturated carbocycles. The number of methoxy groups -OCH3 is 1. The molecule has 2 aromatic rings. The summed E-state index contributed by atoms with van der Waals surface area (Å²) in [6.07, 6.45) is 3.20. The van der Waals surface area contributed by atoms with E-state index in [1.807, 2.05) is 19.0 Å². The molecule has 152 valence electrons. The summed E-state index contributed by atoms with van der Waals surface area (Å²) in [4.78, 5) is 33.1. The van der Waals surface area contributed by atoms with Gasteiger partial charge in [-0.05, 0) is 43.9 Å². The first-order valence-corrected chi connectivity index (χ1v) is 9.40. The van der Waals surface area contributed by atoms with Crippen molar-refractivity contribution < 1.29 is 19.4 Å². The van der Waals surface area contributed by atoms with Crippen LogP contribution >= 0.6 is 11.6 Å². The van der Waals surface area contributed by atoms with Gasteiger partial charge in [-0.15, -0.1) is 0 Å². The second kappa shape index (κ2) is 8.63. The normalized spacial score (nSPS) is 18.5. The number of rotatable bonds is 6. The molecule has 29 heavy (non-hydrogen) atoms. The van der Waals surface area contributed by atoms with E-state index in [9.17, 15) is 14.7 Å².